The van der Waals surface area contributed by atoms with Gasteiger partial charge < -0.3 is 10.6 Å². The lowest BCUT2D eigenvalue weighted by Crippen LogP contribution is -2.17. The molecule has 1 unspecified atom stereocenters. The minimum absolute atomic E-state index is 0.207. The van der Waals surface area contributed by atoms with Crippen LogP contribution >= 0.6 is 0 Å². The molecule has 0 saturated carbocycles. The molecule has 0 amide bonds. The summed E-state index contributed by atoms with van der Waals surface area (Å²) in [6.45, 7) is 5.80. The highest BCUT2D eigenvalue weighted by atomic mass is 15.4. The number of fused-ring (bicyclic) bond motifs is 2. The van der Waals surface area contributed by atoms with Gasteiger partial charge in [-0.2, -0.15) is 5.26 Å². The van der Waals surface area contributed by atoms with Gasteiger partial charge in [0.1, 0.15) is 17.6 Å². The predicted octanol–water partition coefficient (Wildman–Crippen LogP) is 4.08. The molecule has 7 heteroatoms. The van der Waals surface area contributed by atoms with Gasteiger partial charge in [0.15, 0.2) is 0 Å². The summed E-state index contributed by atoms with van der Waals surface area (Å²) < 4.78 is 1.85. The van der Waals surface area contributed by atoms with Gasteiger partial charge in [-0.15, -0.1) is 5.10 Å². The summed E-state index contributed by atoms with van der Waals surface area (Å²) in [6, 6.07) is 18.3. The van der Waals surface area contributed by atoms with Crippen molar-refractivity contribution in [1.29, 1.82) is 5.26 Å². The molecule has 4 aromatic rings. The molecular weight excluding hydrogens is 386 g/mol. The number of aromatic nitrogens is 4. The highest BCUT2D eigenvalue weighted by molar-refractivity contribution is 5.83. The van der Waals surface area contributed by atoms with Crippen LogP contribution in [0, 0.1) is 11.3 Å². The Morgan fingerprint density at radius 3 is 2.81 bits per heavy atom. The van der Waals surface area contributed by atoms with E-state index in [9.17, 15) is 5.26 Å². The Morgan fingerprint density at radius 1 is 1.13 bits per heavy atom. The minimum atomic E-state index is -0.275. The first-order valence-electron chi connectivity index (χ1n) is 10.4. The second kappa shape index (κ2) is 7.82. The van der Waals surface area contributed by atoms with Gasteiger partial charge in [0.25, 0.3) is 0 Å². The van der Waals surface area contributed by atoms with Crippen LogP contribution in [0.25, 0.3) is 10.9 Å². The molecule has 1 atom stereocenters. The Balaban J connectivity index is 1.64. The van der Waals surface area contributed by atoms with Crippen LogP contribution in [0.2, 0.25) is 0 Å². The number of nitrogens with zero attached hydrogens (tertiary/aromatic N) is 5. The van der Waals surface area contributed by atoms with Crippen LogP contribution in [0.1, 0.15) is 53.9 Å². The lowest BCUT2D eigenvalue weighted by Gasteiger charge is -2.21. The molecule has 0 saturated heterocycles. The van der Waals surface area contributed by atoms with Crippen LogP contribution in [0.4, 0.5) is 5.82 Å². The van der Waals surface area contributed by atoms with Crippen LogP contribution in [0.3, 0.4) is 0 Å². The Labute approximate surface area is 180 Å². The van der Waals surface area contributed by atoms with Crippen molar-refractivity contribution >= 4 is 16.7 Å². The summed E-state index contributed by atoms with van der Waals surface area (Å²) in [4.78, 5) is 4.77. The fourth-order valence-corrected chi connectivity index (χ4v) is 4.06. The summed E-state index contributed by atoms with van der Waals surface area (Å²) >= 11 is 0. The monoisotopic (exact) mass is 409 g/mol. The van der Waals surface area contributed by atoms with Gasteiger partial charge in [-0.05, 0) is 42.7 Å². The van der Waals surface area contributed by atoms with Crippen molar-refractivity contribution in [2.45, 2.75) is 39.0 Å². The molecule has 5 rings (SSSR count). The minimum Gasteiger partial charge on any atom is -0.356 e. The van der Waals surface area contributed by atoms with E-state index in [-0.39, 0.29) is 12.1 Å². The van der Waals surface area contributed by atoms with Crippen molar-refractivity contribution in [3.05, 3.63) is 82.7 Å². The fraction of sp³-hybridized carbons (Fsp3) is 0.250. The molecule has 3 heterocycles. The molecule has 0 bridgehead atoms. The Hall–Kier alpha value is -3.76. The molecule has 2 aromatic carbocycles. The zero-order valence-corrected chi connectivity index (χ0v) is 17.5. The predicted molar refractivity (Wildman–Crippen MR) is 119 cm³/mol. The smallest absolute Gasteiger partial charge is 0.145 e. The van der Waals surface area contributed by atoms with Crippen molar-refractivity contribution in [1.82, 2.24) is 25.3 Å². The van der Waals surface area contributed by atoms with E-state index in [0.29, 0.717) is 11.4 Å². The SMILES string of the molecule is CC(C)n1cc(C(Nc2nc3ccccc3cc2C#N)c2cccc3c2CNC3)nn1. The summed E-state index contributed by atoms with van der Waals surface area (Å²) in [5, 5.41) is 26.5. The third kappa shape index (κ3) is 3.51. The van der Waals surface area contributed by atoms with Gasteiger partial charge in [-0.1, -0.05) is 41.6 Å². The number of nitriles is 1. The van der Waals surface area contributed by atoms with E-state index in [1.807, 2.05) is 41.2 Å². The molecular formula is C24H23N7. The molecule has 7 nitrogen and oxygen atoms in total. The molecule has 0 radical (unpaired) electrons. The number of hydrogen-bond acceptors (Lipinski definition) is 6. The average molecular weight is 409 g/mol. The van der Waals surface area contributed by atoms with Crippen LogP contribution in [0.5, 0.6) is 0 Å². The second-order valence-electron chi connectivity index (χ2n) is 8.07. The highest BCUT2D eigenvalue weighted by Gasteiger charge is 2.26. The summed E-state index contributed by atoms with van der Waals surface area (Å²) in [7, 11) is 0. The van der Waals surface area contributed by atoms with Gasteiger partial charge in [-0.25, -0.2) is 9.67 Å². The van der Waals surface area contributed by atoms with Gasteiger partial charge in [0, 0.05) is 24.5 Å². The molecule has 1 aliphatic rings. The maximum absolute atomic E-state index is 9.79. The van der Waals surface area contributed by atoms with Crippen LogP contribution in [-0.2, 0) is 13.1 Å². The highest BCUT2D eigenvalue weighted by Crippen LogP contribution is 2.33. The zero-order valence-electron chi connectivity index (χ0n) is 17.5. The van der Waals surface area contributed by atoms with E-state index in [4.69, 9.17) is 4.98 Å². The first kappa shape index (κ1) is 19.2. The fourth-order valence-electron chi connectivity index (χ4n) is 4.06. The van der Waals surface area contributed by atoms with Gasteiger partial charge in [0.2, 0.25) is 0 Å². The van der Waals surface area contributed by atoms with Crippen LogP contribution in [0.15, 0.2) is 54.7 Å². The van der Waals surface area contributed by atoms with Gasteiger partial charge in [-0.3, -0.25) is 0 Å². The summed E-state index contributed by atoms with van der Waals surface area (Å²) in [6.07, 6.45) is 1.97. The summed E-state index contributed by atoms with van der Waals surface area (Å²) in [5.74, 6) is 0.550. The molecule has 2 aromatic heterocycles. The zero-order chi connectivity index (χ0) is 21.4. The summed E-state index contributed by atoms with van der Waals surface area (Å²) in [5.41, 5.74) is 5.81. The molecule has 0 aliphatic carbocycles. The lowest BCUT2D eigenvalue weighted by atomic mass is 9.95. The number of pyridine rings is 1. The largest absolute Gasteiger partial charge is 0.356 e. The molecule has 2 N–H and O–H groups in total. The van der Waals surface area contributed by atoms with E-state index in [0.717, 1.165) is 35.2 Å². The van der Waals surface area contributed by atoms with E-state index >= 15 is 0 Å². The number of rotatable bonds is 5. The molecule has 0 fully saturated rings. The number of para-hydroxylation sites is 1. The third-order valence-corrected chi connectivity index (χ3v) is 5.72. The van der Waals surface area contributed by atoms with Crippen molar-refractivity contribution < 1.29 is 0 Å². The number of nitrogens with one attached hydrogen (secondary N) is 2. The van der Waals surface area contributed by atoms with Crippen LogP contribution in [-0.4, -0.2) is 20.0 Å². The van der Waals surface area contributed by atoms with Gasteiger partial charge >= 0.3 is 0 Å². The Morgan fingerprint density at radius 2 is 2.00 bits per heavy atom. The standard InChI is InChI=1S/C24H23N7/c1-15(2)31-14-22(29-30-31)23(19-8-5-7-17-12-26-13-20(17)19)28-24-18(11-25)10-16-6-3-4-9-21(16)27-24/h3-10,14-15,23,26H,12-13H2,1-2H3,(H,27,28). The average Bonchev–Trinajstić information content (AvgIpc) is 3.46. The Kier molecular flexibility index (Phi) is 4.85. The van der Waals surface area contributed by atoms with Crippen molar-refractivity contribution in [3.8, 4) is 6.07 Å². The Bertz CT molecular complexity index is 1300. The maximum Gasteiger partial charge on any atom is 0.145 e. The first-order chi connectivity index (χ1) is 15.1. The topological polar surface area (TPSA) is 91.5 Å². The molecule has 0 spiro atoms. The first-order valence-corrected chi connectivity index (χ1v) is 10.4. The van der Waals surface area contributed by atoms with Gasteiger partial charge in [0.05, 0.1) is 23.3 Å². The normalized spacial score (nSPS) is 13.9. The lowest BCUT2D eigenvalue weighted by molar-refractivity contribution is 0.514. The maximum atomic E-state index is 9.79. The van der Waals surface area contributed by atoms with Crippen molar-refractivity contribution in [3.63, 3.8) is 0 Å². The van der Waals surface area contributed by atoms with Crippen LogP contribution < -0.4 is 10.6 Å². The van der Waals surface area contributed by atoms with E-state index in [1.165, 1.54) is 11.1 Å². The molecule has 154 valence electrons. The van der Waals surface area contributed by atoms with Crippen molar-refractivity contribution in [2.75, 3.05) is 5.32 Å². The number of anilines is 1. The molecule has 31 heavy (non-hydrogen) atoms. The van der Waals surface area contributed by atoms with E-state index < -0.39 is 0 Å². The van der Waals surface area contributed by atoms with Crippen molar-refractivity contribution in [2.24, 2.45) is 0 Å². The quantitative estimate of drug-likeness (QED) is 0.516. The number of benzene rings is 2. The van der Waals surface area contributed by atoms with E-state index in [2.05, 4.69) is 59.1 Å². The third-order valence-electron chi connectivity index (χ3n) is 5.72. The second-order valence-corrected chi connectivity index (χ2v) is 8.07. The van der Waals surface area contributed by atoms with E-state index in [1.54, 1.807) is 0 Å². The number of hydrogen-bond donors (Lipinski definition) is 2. The molecule has 1 aliphatic heterocycles.